The molecule has 0 aliphatic carbocycles. The number of carbonyl (C=O) groups excluding carboxylic acids is 2. The van der Waals surface area contributed by atoms with Gasteiger partial charge in [0, 0.05) is 31.4 Å². The highest BCUT2D eigenvalue weighted by Crippen LogP contribution is 2.07. The van der Waals surface area contributed by atoms with E-state index in [0.29, 0.717) is 19.4 Å². The van der Waals surface area contributed by atoms with Crippen molar-refractivity contribution in [3.8, 4) is 0 Å². The molecule has 2 rings (SSSR count). The number of nitrogens with zero attached hydrogens (tertiary/aromatic N) is 2. The summed E-state index contributed by atoms with van der Waals surface area (Å²) in [6.07, 6.45) is 4.57. The second-order valence-corrected chi connectivity index (χ2v) is 4.21. The Labute approximate surface area is 99.4 Å². The monoisotopic (exact) mass is 236 g/mol. The minimum Gasteiger partial charge on any atom is -0.354 e. The van der Waals surface area contributed by atoms with Crippen LogP contribution >= 0.6 is 0 Å². The van der Waals surface area contributed by atoms with E-state index < -0.39 is 0 Å². The van der Waals surface area contributed by atoms with Crippen molar-refractivity contribution >= 4 is 11.8 Å². The zero-order valence-electron chi connectivity index (χ0n) is 9.72. The van der Waals surface area contributed by atoms with Gasteiger partial charge in [-0.15, -0.1) is 0 Å². The van der Waals surface area contributed by atoms with E-state index in [1.54, 1.807) is 30.1 Å². The van der Waals surface area contributed by atoms with Gasteiger partial charge in [0.2, 0.25) is 11.8 Å². The van der Waals surface area contributed by atoms with E-state index in [2.05, 4.69) is 15.7 Å². The number of rotatable bonds is 3. The number of hydrogen-bond donors (Lipinski definition) is 2. The van der Waals surface area contributed by atoms with Crippen LogP contribution in [0.15, 0.2) is 18.5 Å². The molecule has 0 spiro atoms. The Morgan fingerprint density at radius 3 is 3.12 bits per heavy atom. The van der Waals surface area contributed by atoms with Gasteiger partial charge in [-0.1, -0.05) is 0 Å². The predicted molar refractivity (Wildman–Crippen MR) is 61.1 cm³/mol. The molecule has 1 aromatic rings. The summed E-state index contributed by atoms with van der Waals surface area (Å²) in [6, 6.07) is 1.48. The lowest BCUT2D eigenvalue weighted by Crippen LogP contribution is -2.49. The molecule has 1 aliphatic heterocycles. The van der Waals surface area contributed by atoms with E-state index in [4.69, 9.17) is 0 Å². The maximum absolute atomic E-state index is 11.9. The van der Waals surface area contributed by atoms with Crippen molar-refractivity contribution in [3.63, 3.8) is 0 Å². The van der Waals surface area contributed by atoms with Gasteiger partial charge in [-0.25, -0.2) is 0 Å². The number of hydrogen-bond acceptors (Lipinski definition) is 3. The fourth-order valence-corrected chi connectivity index (χ4v) is 1.81. The van der Waals surface area contributed by atoms with Crippen LogP contribution in [-0.2, 0) is 9.59 Å². The van der Waals surface area contributed by atoms with Gasteiger partial charge in [0.25, 0.3) is 0 Å². The highest BCUT2D eigenvalue weighted by atomic mass is 16.2. The van der Waals surface area contributed by atoms with Crippen LogP contribution in [0.5, 0.6) is 0 Å². The first-order chi connectivity index (χ1) is 8.16. The average molecular weight is 236 g/mol. The third kappa shape index (κ3) is 2.83. The second-order valence-electron chi connectivity index (χ2n) is 4.21. The second kappa shape index (κ2) is 4.99. The van der Waals surface area contributed by atoms with Crippen LogP contribution in [0.3, 0.4) is 0 Å². The number of piperidine rings is 1. The Balaban J connectivity index is 1.87. The van der Waals surface area contributed by atoms with E-state index in [9.17, 15) is 9.59 Å². The first-order valence-corrected chi connectivity index (χ1v) is 5.73. The molecular formula is C11H16N4O2. The van der Waals surface area contributed by atoms with Crippen molar-refractivity contribution in [2.24, 2.45) is 0 Å². The van der Waals surface area contributed by atoms with Crippen molar-refractivity contribution in [2.45, 2.75) is 31.8 Å². The molecular weight excluding hydrogens is 220 g/mol. The first-order valence-electron chi connectivity index (χ1n) is 5.73. The minimum atomic E-state index is -0.331. The van der Waals surface area contributed by atoms with Gasteiger partial charge in [0.15, 0.2) is 0 Å². The summed E-state index contributed by atoms with van der Waals surface area (Å²) in [4.78, 5) is 22.9. The highest BCUT2D eigenvalue weighted by Gasteiger charge is 2.22. The standard InChI is InChI=1S/C11H16N4O2/c1-8(15-6-2-5-13-15)11(17)14-9-3-4-10(16)12-7-9/h2,5-6,8-9H,3-4,7H2,1H3,(H,12,16)(H,14,17). The molecule has 6 nitrogen and oxygen atoms in total. The van der Waals surface area contributed by atoms with E-state index in [1.807, 2.05) is 0 Å². The Morgan fingerprint density at radius 1 is 1.71 bits per heavy atom. The van der Waals surface area contributed by atoms with Gasteiger partial charge in [-0.3, -0.25) is 14.3 Å². The van der Waals surface area contributed by atoms with E-state index >= 15 is 0 Å². The summed E-state index contributed by atoms with van der Waals surface area (Å²) in [5, 5.41) is 9.68. The van der Waals surface area contributed by atoms with Gasteiger partial charge in [-0.2, -0.15) is 5.10 Å². The molecule has 0 saturated carbocycles. The molecule has 1 fully saturated rings. The maximum Gasteiger partial charge on any atom is 0.244 e. The highest BCUT2D eigenvalue weighted by molar-refractivity contribution is 5.81. The normalized spacial score (nSPS) is 21.7. The van der Waals surface area contributed by atoms with Crippen LogP contribution in [0.1, 0.15) is 25.8 Å². The zero-order valence-corrected chi connectivity index (χ0v) is 9.72. The van der Waals surface area contributed by atoms with E-state index in [-0.39, 0.29) is 23.9 Å². The fourth-order valence-electron chi connectivity index (χ4n) is 1.81. The molecule has 1 aromatic heterocycles. The molecule has 1 aliphatic rings. The maximum atomic E-state index is 11.9. The summed E-state index contributed by atoms with van der Waals surface area (Å²) in [5.41, 5.74) is 0. The first kappa shape index (κ1) is 11.6. The van der Waals surface area contributed by atoms with E-state index in [0.717, 1.165) is 0 Å². The predicted octanol–water partition coefficient (Wildman–Crippen LogP) is -0.161. The van der Waals surface area contributed by atoms with Gasteiger partial charge in [0.05, 0.1) is 0 Å². The Morgan fingerprint density at radius 2 is 2.53 bits per heavy atom. The number of amides is 2. The summed E-state index contributed by atoms with van der Waals surface area (Å²) in [6.45, 7) is 2.31. The SMILES string of the molecule is CC(C(=O)NC1CCC(=O)NC1)n1cccn1. The van der Waals surface area contributed by atoms with Crippen molar-refractivity contribution < 1.29 is 9.59 Å². The van der Waals surface area contributed by atoms with Crippen LogP contribution in [0.25, 0.3) is 0 Å². The van der Waals surface area contributed by atoms with Crippen LogP contribution in [0.2, 0.25) is 0 Å². The Kier molecular flexibility index (Phi) is 3.41. The molecule has 2 N–H and O–H groups in total. The lowest BCUT2D eigenvalue weighted by molar-refractivity contribution is -0.127. The third-order valence-electron chi connectivity index (χ3n) is 2.91. The van der Waals surface area contributed by atoms with Crippen LogP contribution in [0, 0.1) is 0 Å². The molecule has 2 amide bonds. The number of aromatic nitrogens is 2. The van der Waals surface area contributed by atoms with Gasteiger partial charge in [0.1, 0.15) is 6.04 Å². The molecule has 2 unspecified atom stereocenters. The third-order valence-corrected chi connectivity index (χ3v) is 2.91. The number of nitrogens with one attached hydrogen (secondary N) is 2. The molecule has 2 atom stereocenters. The van der Waals surface area contributed by atoms with Crippen molar-refractivity contribution in [2.75, 3.05) is 6.54 Å². The Hall–Kier alpha value is -1.85. The zero-order chi connectivity index (χ0) is 12.3. The minimum absolute atomic E-state index is 0.0261. The topological polar surface area (TPSA) is 76.0 Å². The lowest BCUT2D eigenvalue weighted by atomic mass is 10.1. The Bertz CT molecular complexity index is 392. The summed E-state index contributed by atoms with van der Waals surface area (Å²) < 4.78 is 1.61. The molecule has 6 heteroatoms. The summed E-state index contributed by atoms with van der Waals surface area (Å²) in [5.74, 6) is -0.0227. The quantitative estimate of drug-likeness (QED) is 0.765. The molecule has 0 bridgehead atoms. The van der Waals surface area contributed by atoms with Crippen LogP contribution in [0.4, 0.5) is 0 Å². The van der Waals surface area contributed by atoms with Crippen molar-refractivity contribution in [3.05, 3.63) is 18.5 Å². The smallest absolute Gasteiger partial charge is 0.244 e. The molecule has 1 saturated heterocycles. The van der Waals surface area contributed by atoms with Crippen molar-refractivity contribution in [1.29, 1.82) is 0 Å². The number of carbonyl (C=O) groups is 2. The molecule has 0 radical (unpaired) electrons. The van der Waals surface area contributed by atoms with Crippen molar-refractivity contribution in [1.82, 2.24) is 20.4 Å². The largest absolute Gasteiger partial charge is 0.354 e. The molecule has 2 heterocycles. The van der Waals surface area contributed by atoms with Gasteiger partial charge >= 0.3 is 0 Å². The average Bonchev–Trinajstić information content (AvgIpc) is 2.84. The van der Waals surface area contributed by atoms with Crippen LogP contribution in [-0.4, -0.2) is 34.2 Å². The fraction of sp³-hybridized carbons (Fsp3) is 0.545. The van der Waals surface area contributed by atoms with Gasteiger partial charge in [-0.05, 0) is 19.4 Å². The summed E-state index contributed by atoms with van der Waals surface area (Å²) >= 11 is 0. The van der Waals surface area contributed by atoms with E-state index in [1.165, 1.54) is 0 Å². The lowest BCUT2D eigenvalue weighted by Gasteiger charge is -2.25. The molecule has 0 aromatic carbocycles. The summed E-state index contributed by atoms with van der Waals surface area (Å²) in [7, 11) is 0. The molecule has 17 heavy (non-hydrogen) atoms. The molecule has 92 valence electrons. The van der Waals surface area contributed by atoms with Crippen LogP contribution < -0.4 is 10.6 Å². The van der Waals surface area contributed by atoms with Gasteiger partial charge < -0.3 is 10.6 Å².